The van der Waals surface area contributed by atoms with E-state index in [1.165, 1.54) is 0 Å². The zero-order valence-corrected chi connectivity index (χ0v) is 20.9. The first kappa shape index (κ1) is 25.2. The van der Waals surface area contributed by atoms with Crippen LogP contribution in [0.15, 0.2) is 29.3 Å². The Kier molecular flexibility index (Phi) is 10.7. The van der Waals surface area contributed by atoms with Crippen molar-refractivity contribution in [2.45, 2.75) is 44.4 Å². The topological polar surface area (TPSA) is 66.0 Å². The standard InChI is InChI=1S/C22H33ClN4O2.HI/c1-2-24-21(25-12-6-14-27-13-5-9-20(27)28)26-17-22(10-15-29-16-11-22)18-7-3-4-8-19(18)23;/h3-4,7-8H,2,5-6,9-17H2,1H3,(H2,24,25,26);1H. The molecular formula is C22H34ClIN4O2. The van der Waals surface area contributed by atoms with Gasteiger partial charge in [0.15, 0.2) is 5.96 Å². The molecule has 6 nitrogen and oxygen atoms in total. The van der Waals surface area contributed by atoms with Crippen molar-refractivity contribution in [2.24, 2.45) is 4.99 Å². The fourth-order valence-electron chi connectivity index (χ4n) is 4.16. The zero-order chi connectivity index (χ0) is 20.5. The molecule has 2 aliphatic heterocycles. The minimum Gasteiger partial charge on any atom is -0.381 e. The van der Waals surface area contributed by atoms with Crippen molar-refractivity contribution < 1.29 is 9.53 Å². The molecule has 1 aromatic carbocycles. The predicted molar refractivity (Wildman–Crippen MR) is 133 cm³/mol. The van der Waals surface area contributed by atoms with Gasteiger partial charge in [0.2, 0.25) is 5.91 Å². The second kappa shape index (κ2) is 12.7. The summed E-state index contributed by atoms with van der Waals surface area (Å²) in [4.78, 5) is 18.6. The summed E-state index contributed by atoms with van der Waals surface area (Å²) in [7, 11) is 0. The third-order valence-electron chi connectivity index (χ3n) is 5.85. The number of nitrogens with zero attached hydrogens (tertiary/aromatic N) is 2. The van der Waals surface area contributed by atoms with Gasteiger partial charge < -0.3 is 20.3 Å². The number of ether oxygens (including phenoxy) is 1. The molecule has 0 spiro atoms. The smallest absolute Gasteiger partial charge is 0.222 e. The van der Waals surface area contributed by atoms with Gasteiger partial charge in [0, 0.05) is 56.3 Å². The molecular weight excluding hydrogens is 515 g/mol. The number of amides is 1. The van der Waals surface area contributed by atoms with E-state index >= 15 is 0 Å². The molecule has 2 heterocycles. The van der Waals surface area contributed by atoms with Crippen LogP contribution in [0.3, 0.4) is 0 Å². The van der Waals surface area contributed by atoms with Crippen molar-refractivity contribution in [1.29, 1.82) is 0 Å². The van der Waals surface area contributed by atoms with E-state index < -0.39 is 0 Å². The number of likely N-dealkylation sites (tertiary alicyclic amines) is 1. The van der Waals surface area contributed by atoms with Gasteiger partial charge in [-0.3, -0.25) is 9.79 Å². The highest BCUT2D eigenvalue weighted by atomic mass is 127. The van der Waals surface area contributed by atoms with Crippen LogP contribution in [0.1, 0.15) is 44.6 Å². The van der Waals surface area contributed by atoms with Gasteiger partial charge in [0.25, 0.3) is 0 Å². The van der Waals surface area contributed by atoms with Crippen LogP contribution in [0.25, 0.3) is 0 Å². The van der Waals surface area contributed by atoms with Crippen LogP contribution in [0.4, 0.5) is 0 Å². The Labute approximate surface area is 202 Å². The SMILES string of the molecule is CCNC(=NCC1(c2ccccc2Cl)CCOCC1)NCCCN1CCCC1=O.I. The summed E-state index contributed by atoms with van der Waals surface area (Å²) in [5, 5.41) is 7.56. The average Bonchev–Trinajstić information content (AvgIpc) is 3.15. The van der Waals surface area contributed by atoms with E-state index in [4.69, 9.17) is 21.3 Å². The monoisotopic (exact) mass is 548 g/mol. The Hall–Kier alpha value is -1.06. The molecule has 0 bridgehead atoms. The van der Waals surface area contributed by atoms with E-state index in [2.05, 4.69) is 23.6 Å². The van der Waals surface area contributed by atoms with Crippen molar-refractivity contribution in [2.75, 3.05) is 45.9 Å². The number of aliphatic imine (C=N–C) groups is 1. The van der Waals surface area contributed by atoms with Gasteiger partial charge in [0.05, 0.1) is 6.54 Å². The molecule has 30 heavy (non-hydrogen) atoms. The number of carbonyl (C=O) groups is 1. The molecule has 1 aromatic rings. The molecule has 168 valence electrons. The van der Waals surface area contributed by atoms with Crippen LogP contribution < -0.4 is 10.6 Å². The first-order valence-corrected chi connectivity index (χ1v) is 11.2. The number of benzene rings is 1. The van der Waals surface area contributed by atoms with Gasteiger partial charge in [-0.25, -0.2) is 0 Å². The Morgan fingerprint density at radius 1 is 1.27 bits per heavy atom. The van der Waals surface area contributed by atoms with E-state index in [1.54, 1.807) is 0 Å². The highest BCUT2D eigenvalue weighted by Crippen LogP contribution is 2.38. The number of halogens is 2. The van der Waals surface area contributed by atoms with Gasteiger partial charge in [0.1, 0.15) is 0 Å². The lowest BCUT2D eigenvalue weighted by Crippen LogP contribution is -2.42. The van der Waals surface area contributed by atoms with E-state index in [0.29, 0.717) is 13.0 Å². The normalized spacial score (nSPS) is 18.8. The summed E-state index contributed by atoms with van der Waals surface area (Å²) in [6.07, 6.45) is 4.43. The van der Waals surface area contributed by atoms with Crippen LogP contribution >= 0.6 is 35.6 Å². The van der Waals surface area contributed by atoms with Gasteiger partial charge in [-0.15, -0.1) is 24.0 Å². The number of nitrogens with one attached hydrogen (secondary N) is 2. The van der Waals surface area contributed by atoms with Gasteiger partial charge in [-0.05, 0) is 44.2 Å². The maximum Gasteiger partial charge on any atom is 0.222 e. The quantitative estimate of drug-likeness (QED) is 0.226. The molecule has 0 saturated carbocycles. The Bertz CT molecular complexity index is 710. The van der Waals surface area contributed by atoms with Crippen LogP contribution in [-0.4, -0.2) is 62.7 Å². The van der Waals surface area contributed by atoms with Crippen molar-refractivity contribution in [3.8, 4) is 0 Å². The Morgan fingerprint density at radius 3 is 2.70 bits per heavy atom. The third-order valence-corrected chi connectivity index (χ3v) is 6.18. The second-order valence-electron chi connectivity index (χ2n) is 7.83. The van der Waals surface area contributed by atoms with E-state index in [0.717, 1.165) is 81.6 Å². The summed E-state index contributed by atoms with van der Waals surface area (Å²) in [5.74, 6) is 1.10. The van der Waals surface area contributed by atoms with Crippen LogP contribution in [0.5, 0.6) is 0 Å². The van der Waals surface area contributed by atoms with Crippen molar-refractivity contribution in [1.82, 2.24) is 15.5 Å². The molecule has 0 unspecified atom stereocenters. The molecule has 0 radical (unpaired) electrons. The predicted octanol–water partition coefficient (Wildman–Crippen LogP) is 3.57. The van der Waals surface area contributed by atoms with Gasteiger partial charge in [-0.1, -0.05) is 29.8 Å². The lowest BCUT2D eigenvalue weighted by Gasteiger charge is -2.37. The first-order valence-electron chi connectivity index (χ1n) is 10.8. The molecule has 2 fully saturated rings. The molecule has 1 amide bonds. The number of carbonyl (C=O) groups excluding carboxylic acids is 1. The molecule has 3 rings (SSSR count). The Morgan fingerprint density at radius 2 is 2.03 bits per heavy atom. The fourth-order valence-corrected chi connectivity index (χ4v) is 4.49. The first-order chi connectivity index (χ1) is 14.1. The molecule has 0 atom stereocenters. The highest BCUT2D eigenvalue weighted by Gasteiger charge is 2.36. The van der Waals surface area contributed by atoms with Crippen molar-refractivity contribution in [3.05, 3.63) is 34.9 Å². The van der Waals surface area contributed by atoms with Crippen molar-refractivity contribution >= 4 is 47.4 Å². The summed E-state index contributed by atoms with van der Waals surface area (Å²) >= 11 is 6.55. The van der Waals surface area contributed by atoms with E-state index in [9.17, 15) is 4.79 Å². The number of guanidine groups is 1. The maximum absolute atomic E-state index is 11.7. The lowest BCUT2D eigenvalue weighted by molar-refractivity contribution is -0.127. The molecule has 0 aliphatic carbocycles. The molecule has 0 aromatic heterocycles. The number of hydrogen-bond donors (Lipinski definition) is 2. The Balaban J connectivity index is 0.00000320. The molecule has 2 aliphatic rings. The van der Waals surface area contributed by atoms with E-state index in [1.807, 2.05) is 23.1 Å². The van der Waals surface area contributed by atoms with Crippen LogP contribution in [0, 0.1) is 0 Å². The number of hydrogen-bond acceptors (Lipinski definition) is 3. The number of rotatable bonds is 8. The lowest BCUT2D eigenvalue weighted by atomic mass is 9.74. The van der Waals surface area contributed by atoms with Crippen LogP contribution in [0.2, 0.25) is 5.02 Å². The van der Waals surface area contributed by atoms with Gasteiger partial charge in [-0.2, -0.15) is 0 Å². The summed E-state index contributed by atoms with van der Waals surface area (Å²) < 4.78 is 5.62. The van der Waals surface area contributed by atoms with Crippen LogP contribution in [-0.2, 0) is 14.9 Å². The minimum atomic E-state index is -0.0963. The zero-order valence-electron chi connectivity index (χ0n) is 17.8. The maximum atomic E-state index is 11.7. The highest BCUT2D eigenvalue weighted by molar-refractivity contribution is 14.0. The molecule has 8 heteroatoms. The molecule has 2 saturated heterocycles. The summed E-state index contributed by atoms with van der Waals surface area (Å²) in [6, 6.07) is 8.10. The average molecular weight is 549 g/mol. The summed E-state index contributed by atoms with van der Waals surface area (Å²) in [5.41, 5.74) is 1.07. The van der Waals surface area contributed by atoms with Gasteiger partial charge >= 0.3 is 0 Å². The van der Waals surface area contributed by atoms with E-state index in [-0.39, 0.29) is 35.3 Å². The minimum absolute atomic E-state index is 0. The third kappa shape index (κ3) is 6.72. The second-order valence-corrected chi connectivity index (χ2v) is 8.24. The fraction of sp³-hybridized carbons (Fsp3) is 0.636. The summed E-state index contributed by atoms with van der Waals surface area (Å²) in [6.45, 7) is 7.50. The van der Waals surface area contributed by atoms with Crippen molar-refractivity contribution in [3.63, 3.8) is 0 Å². The largest absolute Gasteiger partial charge is 0.381 e. The molecule has 2 N–H and O–H groups in total.